The Morgan fingerprint density at radius 3 is 1.58 bits per heavy atom. The van der Waals surface area contributed by atoms with Crippen molar-refractivity contribution >= 4 is 69.8 Å². The molecule has 10 nitrogen and oxygen atoms in total. The van der Waals surface area contributed by atoms with Crippen LogP contribution >= 0.6 is 46.4 Å². The Balaban J connectivity index is 0.000000221. The first-order valence-corrected chi connectivity index (χ1v) is 18.3. The third-order valence-electron chi connectivity index (χ3n) is 8.15. The van der Waals surface area contributed by atoms with Gasteiger partial charge in [-0.1, -0.05) is 71.5 Å². The van der Waals surface area contributed by atoms with Crippen molar-refractivity contribution in [2.75, 3.05) is 5.32 Å². The summed E-state index contributed by atoms with van der Waals surface area (Å²) in [5, 5.41) is 24.2. The largest absolute Gasteiger partial charge is 0.507 e. The van der Waals surface area contributed by atoms with Gasteiger partial charge in [-0.25, -0.2) is 4.39 Å². The van der Waals surface area contributed by atoms with Gasteiger partial charge in [0.25, 0.3) is 5.91 Å². The molecule has 292 valence electrons. The fraction of sp³-hybridized carbons (Fsp3) is 0.0714. The highest BCUT2D eigenvalue weighted by Crippen LogP contribution is 2.42. The molecule has 0 aliphatic carbocycles. The summed E-state index contributed by atoms with van der Waals surface area (Å²) >= 11 is 25.0. The Hall–Kier alpha value is -5.98. The van der Waals surface area contributed by atoms with Crippen molar-refractivity contribution in [2.45, 2.75) is 20.3 Å². The number of aryl methyl sites for hydroxylation is 1. The highest BCUT2D eigenvalue weighted by molar-refractivity contribution is 6.38. The summed E-state index contributed by atoms with van der Waals surface area (Å²) in [7, 11) is 0. The summed E-state index contributed by atoms with van der Waals surface area (Å²) in [6.45, 7) is 3.60. The van der Waals surface area contributed by atoms with Crippen LogP contribution in [-0.2, 0) is 4.79 Å². The van der Waals surface area contributed by atoms with Crippen LogP contribution in [0.4, 0.5) is 10.1 Å². The molecule has 0 atom stereocenters. The van der Waals surface area contributed by atoms with Crippen LogP contribution < -0.4 is 26.3 Å². The summed E-state index contributed by atoms with van der Waals surface area (Å²) in [5.41, 5.74) is 13.7. The third-order valence-corrected chi connectivity index (χ3v) is 9.27. The second-order valence-electron chi connectivity index (χ2n) is 12.3. The number of hydrogen-bond acceptors (Lipinski definition) is 7. The monoisotopic (exact) mass is 849 g/mol. The minimum Gasteiger partial charge on any atom is -0.507 e. The molecule has 0 saturated heterocycles. The van der Waals surface area contributed by atoms with Crippen LogP contribution in [0.2, 0.25) is 20.1 Å². The highest BCUT2D eigenvalue weighted by Gasteiger charge is 2.17. The fourth-order valence-corrected chi connectivity index (χ4v) is 6.55. The number of nitrogens with two attached hydrogens (primary N) is 2. The third kappa shape index (κ3) is 10.5. The maximum absolute atomic E-state index is 14.1. The standard InChI is InChI=1S/C22H17Cl2FN2O4.C20H15Cl2NO3/c1-2-20(29)27-12-8-16(23)21(17(24)9-12)31-13-4-6-19(28)15(10-13)11-3-5-14(22(26)30)18(25)7-11;1-11-8-16(21)19(17(22)9-11)26-14-6-7-18(24)15(10-14)12-2-4-13(5-3-12)20(23)25/h3-10,28H,2H2,1H3,(H2,26,30)(H,27,29);2-10,24H,1H3,(H2,23,25). The molecule has 6 rings (SSSR count). The second-order valence-corrected chi connectivity index (χ2v) is 13.9. The van der Waals surface area contributed by atoms with Crippen LogP contribution in [0.25, 0.3) is 22.3 Å². The number of ether oxygens (including phenoxy) is 2. The van der Waals surface area contributed by atoms with Gasteiger partial charge < -0.3 is 36.5 Å². The minimum absolute atomic E-state index is 0.0743. The van der Waals surface area contributed by atoms with Gasteiger partial charge in [-0.3, -0.25) is 14.4 Å². The van der Waals surface area contributed by atoms with E-state index in [2.05, 4.69) is 5.32 Å². The first kappa shape index (κ1) is 42.2. The van der Waals surface area contributed by atoms with Crippen LogP contribution in [0, 0.1) is 12.7 Å². The predicted octanol–water partition coefficient (Wildman–Crippen LogP) is 11.3. The minimum atomic E-state index is -0.895. The van der Waals surface area contributed by atoms with Crippen molar-refractivity contribution < 1.29 is 38.5 Å². The quantitative estimate of drug-likeness (QED) is 0.0911. The molecular formula is C42H32Cl4FN3O7. The van der Waals surface area contributed by atoms with Gasteiger partial charge >= 0.3 is 0 Å². The van der Waals surface area contributed by atoms with E-state index in [1.54, 1.807) is 55.5 Å². The Morgan fingerprint density at radius 1 is 0.649 bits per heavy atom. The Morgan fingerprint density at radius 2 is 1.12 bits per heavy atom. The van der Waals surface area contributed by atoms with Crippen LogP contribution in [0.3, 0.4) is 0 Å². The maximum Gasteiger partial charge on any atom is 0.251 e. The smallest absolute Gasteiger partial charge is 0.251 e. The van der Waals surface area contributed by atoms with E-state index in [0.717, 1.165) is 11.6 Å². The summed E-state index contributed by atoms with van der Waals surface area (Å²) in [4.78, 5) is 34.0. The zero-order valence-electron chi connectivity index (χ0n) is 30.0. The molecule has 6 aromatic carbocycles. The lowest BCUT2D eigenvalue weighted by molar-refractivity contribution is -0.115. The number of anilines is 1. The number of primary amides is 2. The molecule has 0 spiro atoms. The van der Waals surface area contributed by atoms with Crippen molar-refractivity contribution in [3.8, 4) is 56.8 Å². The molecule has 0 aliphatic rings. The molecule has 0 radical (unpaired) electrons. The van der Waals surface area contributed by atoms with E-state index in [9.17, 15) is 29.0 Å². The molecule has 3 amide bonds. The molecule has 15 heteroatoms. The number of nitrogens with one attached hydrogen (secondary N) is 1. The Bertz CT molecular complexity index is 2470. The highest BCUT2D eigenvalue weighted by atomic mass is 35.5. The number of phenols is 2. The number of aromatic hydroxyl groups is 2. The number of benzene rings is 6. The Kier molecular flexibility index (Phi) is 13.5. The average molecular weight is 852 g/mol. The number of amides is 3. The second kappa shape index (κ2) is 18.3. The molecule has 7 N–H and O–H groups in total. The summed E-state index contributed by atoms with van der Waals surface area (Å²) in [5.74, 6) is -1.26. The molecule has 0 aliphatic heterocycles. The molecule has 0 heterocycles. The predicted molar refractivity (Wildman–Crippen MR) is 221 cm³/mol. The maximum atomic E-state index is 14.1. The van der Waals surface area contributed by atoms with Gasteiger partial charge in [-0.15, -0.1) is 0 Å². The van der Waals surface area contributed by atoms with E-state index in [-0.39, 0.29) is 50.1 Å². The Labute approximate surface area is 346 Å². The lowest BCUT2D eigenvalue weighted by Crippen LogP contribution is -2.12. The molecule has 0 fully saturated rings. The SMILES string of the molecule is CCC(=O)Nc1cc(Cl)c(Oc2ccc(O)c(-c3ccc(C(N)=O)c(F)c3)c2)c(Cl)c1.Cc1cc(Cl)c(Oc2ccc(O)c(-c3ccc(C(N)=O)cc3)c2)c(Cl)c1. The van der Waals surface area contributed by atoms with Crippen LogP contribution in [0.1, 0.15) is 39.6 Å². The van der Waals surface area contributed by atoms with Gasteiger partial charge in [-0.2, -0.15) is 0 Å². The van der Waals surface area contributed by atoms with Gasteiger partial charge in [0.2, 0.25) is 11.8 Å². The molecule has 0 aromatic heterocycles. The number of hydrogen-bond donors (Lipinski definition) is 5. The zero-order chi connectivity index (χ0) is 41.6. The number of rotatable bonds is 10. The molecule has 0 bridgehead atoms. The number of halogens is 5. The van der Waals surface area contributed by atoms with E-state index >= 15 is 0 Å². The van der Waals surface area contributed by atoms with E-state index in [4.69, 9.17) is 67.3 Å². The normalized spacial score (nSPS) is 10.6. The van der Waals surface area contributed by atoms with Crippen molar-refractivity contribution in [2.24, 2.45) is 11.5 Å². The summed E-state index contributed by atoms with van der Waals surface area (Å²) < 4.78 is 25.8. The van der Waals surface area contributed by atoms with Gasteiger partial charge in [0.15, 0.2) is 11.5 Å². The summed E-state index contributed by atoms with van der Waals surface area (Å²) in [6, 6.07) is 26.0. The molecular weight excluding hydrogens is 819 g/mol. The lowest BCUT2D eigenvalue weighted by atomic mass is 10.0. The number of phenolic OH excluding ortho intramolecular Hbond substituents is 2. The van der Waals surface area contributed by atoms with Crippen molar-refractivity contribution in [3.05, 3.63) is 146 Å². The van der Waals surface area contributed by atoms with Crippen molar-refractivity contribution in [3.63, 3.8) is 0 Å². The molecule has 6 aromatic rings. The van der Waals surface area contributed by atoms with Gasteiger partial charge in [0, 0.05) is 28.8 Å². The van der Waals surface area contributed by atoms with Crippen LogP contribution in [-0.4, -0.2) is 27.9 Å². The first-order valence-electron chi connectivity index (χ1n) is 16.8. The molecule has 0 unspecified atom stereocenters. The van der Waals surface area contributed by atoms with Crippen LogP contribution in [0.15, 0.2) is 103 Å². The van der Waals surface area contributed by atoms with Crippen molar-refractivity contribution in [1.29, 1.82) is 0 Å². The number of carbonyl (C=O) groups is 3. The van der Waals surface area contributed by atoms with Crippen molar-refractivity contribution in [1.82, 2.24) is 0 Å². The molecule has 57 heavy (non-hydrogen) atoms. The molecule has 0 saturated carbocycles. The van der Waals surface area contributed by atoms with E-state index < -0.39 is 17.6 Å². The lowest BCUT2D eigenvalue weighted by Gasteiger charge is -2.14. The first-order chi connectivity index (χ1) is 27.0. The van der Waals surface area contributed by atoms with Crippen LogP contribution in [0.5, 0.6) is 34.5 Å². The summed E-state index contributed by atoms with van der Waals surface area (Å²) in [6.07, 6.45) is 0.296. The number of carbonyl (C=O) groups excluding carboxylic acids is 3. The van der Waals surface area contributed by atoms with E-state index in [1.807, 2.05) is 6.92 Å². The van der Waals surface area contributed by atoms with Gasteiger partial charge in [0.05, 0.1) is 25.7 Å². The van der Waals surface area contributed by atoms with Gasteiger partial charge in [0.1, 0.15) is 28.8 Å². The fourth-order valence-electron chi connectivity index (χ4n) is 5.31. The van der Waals surface area contributed by atoms with E-state index in [0.29, 0.717) is 55.9 Å². The zero-order valence-corrected chi connectivity index (χ0v) is 33.0. The van der Waals surface area contributed by atoms with Gasteiger partial charge in [-0.05, 0) is 109 Å². The average Bonchev–Trinajstić information content (AvgIpc) is 3.16. The topological polar surface area (TPSA) is 174 Å². The van der Waals surface area contributed by atoms with E-state index in [1.165, 1.54) is 48.5 Å².